The lowest BCUT2D eigenvalue weighted by molar-refractivity contribution is 0.416. The first-order chi connectivity index (χ1) is 9.10. The average Bonchev–Trinajstić information content (AvgIpc) is 2.38. The zero-order valence-electron chi connectivity index (χ0n) is 11.7. The summed E-state index contributed by atoms with van der Waals surface area (Å²) in [7, 11) is 1.58. The zero-order chi connectivity index (χ0) is 13.8. The SMILES string of the molecule is COc1ccc(-c2cc(C)ccn2)cc1N=C(N)N.Cl.Cl. The van der Waals surface area contributed by atoms with Crippen LogP contribution in [0.15, 0.2) is 41.5 Å². The summed E-state index contributed by atoms with van der Waals surface area (Å²) in [5, 5.41) is 0. The Morgan fingerprint density at radius 1 is 1.14 bits per heavy atom. The molecule has 1 aromatic heterocycles. The maximum absolute atomic E-state index is 5.42. The minimum atomic E-state index is -0.00680. The molecule has 7 heteroatoms. The van der Waals surface area contributed by atoms with Crippen LogP contribution in [-0.2, 0) is 0 Å². The van der Waals surface area contributed by atoms with E-state index in [1.54, 1.807) is 13.3 Å². The summed E-state index contributed by atoms with van der Waals surface area (Å²) in [6.45, 7) is 2.02. The highest BCUT2D eigenvalue weighted by atomic mass is 35.5. The van der Waals surface area contributed by atoms with Crippen LogP contribution in [0.1, 0.15) is 5.56 Å². The van der Waals surface area contributed by atoms with Crippen LogP contribution in [0.4, 0.5) is 5.69 Å². The lowest BCUT2D eigenvalue weighted by Crippen LogP contribution is -2.21. The Morgan fingerprint density at radius 3 is 2.43 bits per heavy atom. The minimum absolute atomic E-state index is 0. The second-order valence-electron chi connectivity index (χ2n) is 4.14. The summed E-state index contributed by atoms with van der Waals surface area (Å²) in [5.41, 5.74) is 14.4. The van der Waals surface area contributed by atoms with E-state index >= 15 is 0 Å². The largest absolute Gasteiger partial charge is 0.494 e. The summed E-state index contributed by atoms with van der Waals surface area (Å²) >= 11 is 0. The van der Waals surface area contributed by atoms with Gasteiger partial charge in [0.2, 0.25) is 0 Å². The third-order valence-electron chi connectivity index (χ3n) is 2.64. The molecular weight excluding hydrogens is 311 g/mol. The molecule has 1 heterocycles. The van der Waals surface area contributed by atoms with E-state index in [9.17, 15) is 0 Å². The van der Waals surface area contributed by atoms with Gasteiger partial charge in [0.25, 0.3) is 0 Å². The number of ether oxygens (including phenoxy) is 1. The molecule has 4 N–H and O–H groups in total. The number of aryl methyl sites for hydroxylation is 1. The van der Waals surface area contributed by atoms with Crippen LogP contribution >= 0.6 is 24.8 Å². The number of methoxy groups -OCH3 is 1. The van der Waals surface area contributed by atoms with Crippen molar-refractivity contribution < 1.29 is 4.74 Å². The van der Waals surface area contributed by atoms with Crippen molar-refractivity contribution >= 4 is 36.5 Å². The van der Waals surface area contributed by atoms with E-state index in [0.717, 1.165) is 16.8 Å². The molecule has 0 saturated heterocycles. The van der Waals surface area contributed by atoms with Gasteiger partial charge in [0.15, 0.2) is 5.96 Å². The Labute approximate surface area is 136 Å². The van der Waals surface area contributed by atoms with Crippen molar-refractivity contribution in [3.63, 3.8) is 0 Å². The number of aromatic nitrogens is 1. The van der Waals surface area contributed by atoms with Gasteiger partial charge in [-0.1, -0.05) is 0 Å². The number of nitrogens with two attached hydrogens (primary N) is 2. The predicted octanol–water partition coefficient (Wildman–Crippen LogP) is 2.81. The van der Waals surface area contributed by atoms with Gasteiger partial charge in [-0.2, -0.15) is 0 Å². The number of guanidine groups is 1. The summed E-state index contributed by atoms with van der Waals surface area (Å²) in [6, 6.07) is 9.54. The van der Waals surface area contributed by atoms with Crippen molar-refractivity contribution in [2.45, 2.75) is 6.92 Å². The standard InChI is InChI=1S/C14H16N4O.2ClH/c1-9-5-6-17-11(7-9)10-3-4-13(19-2)12(8-10)18-14(15)16;;/h3-8H,1-2H3,(H4,15,16,18);2*1H. The van der Waals surface area contributed by atoms with Crippen molar-refractivity contribution in [1.29, 1.82) is 0 Å². The number of rotatable bonds is 3. The highest BCUT2D eigenvalue weighted by molar-refractivity contribution is 5.85. The van der Waals surface area contributed by atoms with E-state index in [2.05, 4.69) is 9.98 Å². The molecule has 0 saturated carbocycles. The molecule has 0 spiro atoms. The van der Waals surface area contributed by atoms with Crippen LogP contribution in [0.25, 0.3) is 11.3 Å². The van der Waals surface area contributed by atoms with Crippen molar-refractivity contribution in [3.05, 3.63) is 42.1 Å². The summed E-state index contributed by atoms with van der Waals surface area (Å²) < 4.78 is 5.22. The summed E-state index contributed by atoms with van der Waals surface area (Å²) in [4.78, 5) is 8.39. The molecule has 0 radical (unpaired) electrons. The predicted molar refractivity (Wildman–Crippen MR) is 90.9 cm³/mol. The molecule has 0 aliphatic carbocycles. The van der Waals surface area contributed by atoms with E-state index in [4.69, 9.17) is 16.2 Å². The van der Waals surface area contributed by atoms with E-state index in [0.29, 0.717) is 11.4 Å². The molecule has 0 amide bonds. The molecule has 0 fully saturated rings. The van der Waals surface area contributed by atoms with Gasteiger partial charge < -0.3 is 16.2 Å². The van der Waals surface area contributed by atoms with E-state index in [1.165, 1.54) is 0 Å². The van der Waals surface area contributed by atoms with Gasteiger partial charge in [-0.15, -0.1) is 24.8 Å². The molecular formula is C14H18Cl2N4O. The Bertz CT molecular complexity index is 628. The lowest BCUT2D eigenvalue weighted by Gasteiger charge is -2.08. The Balaban J connectivity index is 0.00000200. The van der Waals surface area contributed by atoms with Crippen LogP contribution in [0.2, 0.25) is 0 Å². The van der Waals surface area contributed by atoms with Gasteiger partial charge in [0.1, 0.15) is 11.4 Å². The molecule has 0 bridgehead atoms. The van der Waals surface area contributed by atoms with Crippen LogP contribution in [-0.4, -0.2) is 18.1 Å². The molecule has 1 aromatic carbocycles. The smallest absolute Gasteiger partial charge is 0.191 e. The second-order valence-corrected chi connectivity index (χ2v) is 4.14. The Kier molecular flexibility index (Phi) is 7.55. The third-order valence-corrected chi connectivity index (χ3v) is 2.64. The van der Waals surface area contributed by atoms with Crippen molar-refractivity contribution in [2.75, 3.05) is 7.11 Å². The van der Waals surface area contributed by atoms with Crippen LogP contribution in [0, 0.1) is 6.92 Å². The van der Waals surface area contributed by atoms with Gasteiger partial charge in [0.05, 0.1) is 12.8 Å². The zero-order valence-corrected chi connectivity index (χ0v) is 13.4. The molecule has 0 unspecified atom stereocenters. The molecule has 114 valence electrons. The van der Waals surface area contributed by atoms with Crippen LogP contribution in [0.3, 0.4) is 0 Å². The van der Waals surface area contributed by atoms with E-state index in [1.807, 2.05) is 37.3 Å². The lowest BCUT2D eigenvalue weighted by atomic mass is 10.1. The third kappa shape index (κ3) is 4.81. The van der Waals surface area contributed by atoms with E-state index < -0.39 is 0 Å². The molecule has 2 aromatic rings. The normalized spacial score (nSPS) is 9.05. The molecule has 0 atom stereocenters. The number of hydrogen-bond donors (Lipinski definition) is 2. The minimum Gasteiger partial charge on any atom is -0.494 e. The maximum atomic E-state index is 5.42. The number of halogens is 2. The molecule has 0 aliphatic heterocycles. The molecule has 0 aliphatic rings. The number of hydrogen-bond acceptors (Lipinski definition) is 3. The Hall–Kier alpha value is -1.98. The van der Waals surface area contributed by atoms with Gasteiger partial charge in [-0.25, -0.2) is 4.99 Å². The van der Waals surface area contributed by atoms with E-state index in [-0.39, 0.29) is 30.8 Å². The first kappa shape index (κ1) is 19.0. The highest BCUT2D eigenvalue weighted by Crippen LogP contribution is 2.32. The first-order valence-electron chi connectivity index (χ1n) is 5.81. The number of nitrogens with zero attached hydrogens (tertiary/aromatic N) is 2. The second kappa shape index (κ2) is 8.34. The maximum Gasteiger partial charge on any atom is 0.191 e. The van der Waals surface area contributed by atoms with Crippen LogP contribution in [0.5, 0.6) is 5.75 Å². The summed E-state index contributed by atoms with van der Waals surface area (Å²) in [5.74, 6) is 0.609. The van der Waals surface area contributed by atoms with Crippen molar-refractivity contribution in [2.24, 2.45) is 16.5 Å². The molecule has 21 heavy (non-hydrogen) atoms. The monoisotopic (exact) mass is 328 g/mol. The van der Waals surface area contributed by atoms with Gasteiger partial charge >= 0.3 is 0 Å². The average molecular weight is 329 g/mol. The fraction of sp³-hybridized carbons (Fsp3) is 0.143. The fourth-order valence-electron chi connectivity index (χ4n) is 1.77. The number of pyridine rings is 1. The highest BCUT2D eigenvalue weighted by Gasteiger charge is 2.06. The molecule has 5 nitrogen and oxygen atoms in total. The number of benzene rings is 1. The van der Waals surface area contributed by atoms with Crippen LogP contribution < -0.4 is 16.2 Å². The first-order valence-corrected chi connectivity index (χ1v) is 5.81. The van der Waals surface area contributed by atoms with Gasteiger partial charge in [0, 0.05) is 11.8 Å². The quantitative estimate of drug-likeness (QED) is 0.670. The summed E-state index contributed by atoms with van der Waals surface area (Å²) in [6.07, 6.45) is 1.77. The topological polar surface area (TPSA) is 86.5 Å². The Morgan fingerprint density at radius 2 is 1.86 bits per heavy atom. The molecule has 2 rings (SSSR count). The van der Waals surface area contributed by atoms with Gasteiger partial charge in [-0.3, -0.25) is 4.98 Å². The number of aliphatic imine (C=N–C) groups is 1. The van der Waals surface area contributed by atoms with Gasteiger partial charge in [-0.05, 0) is 42.8 Å². The fourth-order valence-corrected chi connectivity index (χ4v) is 1.77. The van der Waals surface area contributed by atoms with Crippen molar-refractivity contribution in [1.82, 2.24) is 4.98 Å². The van der Waals surface area contributed by atoms with Crippen molar-refractivity contribution in [3.8, 4) is 17.0 Å².